The van der Waals surface area contributed by atoms with Crippen LogP contribution in [0, 0.1) is 0 Å². The summed E-state index contributed by atoms with van der Waals surface area (Å²) in [5, 5.41) is 2.22. The fraction of sp³-hybridized carbons (Fsp3) is 0.143. The zero-order valence-electron chi connectivity index (χ0n) is 15.3. The molecule has 3 rings (SSSR count). The minimum absolute atomic E-state index is 0.00449. The van der Waals surface area contributed by atoms with Gasteiger partial charge in [0.1, 0.15) is 0 Å². The minimum Gasteiger partial charge on any atom is -0.457 e. The van der Waals surface area contributed by atoms with Crippen LogP contribution in [-0.4, -0.2) is 33.3 Å². The molecule has 0 amide bonds. The molecule has 0 aliphatic rings. The van der Waals surface area contributed by atoms with Crippen molar-refractivity contribution >= 4 is 44.1 Å². The lowest BCUT2D eigenvalue weighted by molar-refractivity contribution is -0.142. The molecule has 0 bridgehead atoms. The molecule has 0 atom stereocenters. The van der Waals surface area contributed by atoms with Gasteiger partial charge in [-0.2, -0.15) is 0 Å². The Hall–Kier alpha value is -2.74. The van der Waals surface area contributed by atoms with Crippen molar-refractivity contribution in [3.8, 4) is 0 Å². The molecule has 8 heteroatoms. The quantitative estimate of drug-likeness (QED) is 0.435. The number of nitrogens with one attached hydrogen (secondary N) is 1. The average molecular weight is 432 g/mol. The molecule has 0 heterocycles. The number of rotatable bonds is 8. The van der Waals surface area contributed by atoms with Gasteiger partial charge >= 0.3 is 5.97 Å². The molecule has 0 aliphatic carbocycles. The van der Waals surface area contributed by atoms with Crippen molar-refractivity contribution in [3.05, 3.63) is 77.3 Å². The van der Waals surface area contributed by atoms with Gasteiger partial charge in [-0.15, -0.1) is 0 Å². The monoisotopic (exact) mass is 431 g/mol. The van der Waals surface area contributed by atoms with Gasteiger partial charge < -0.3 is 4.74 Å². The van der Waals surface area contributed by atoms with E-state index in [2.05, 4.69) is 4.72 Å². The normalized spacial score (nSPS) is 11.3. The highest BCUT2D eigenvalue weighted by atomic mass is 35.5. The van der Waals surface area contributed by atoms with E-state index in [9.17, 15) is 18.0 Å². The summed E-state index contributed by atoms with van der Waals surface area (Å²) in [4.78, 5) is 24.1. The SMILES string of the molecule is O=C(CCNS(=O)(=O)c1cccc(Cl)c1)OCC(=O)c1ccc2ccccc2c1. The number of benzene rings is 3. The van der Waals surface area contributed by atoms with Crippen LogP contribution in [0.15, 0.2) is 71.6 Å². The van der Waals surface area contributed by atoms with Crippen molar-refractivity contribution in [2.45, 2.75) is 11.3 Å². The summed E-state index contributed by atoms with van der Waals surface area (Å²) >= 11 is 5.79. The minimum atomic E-state index is -3.78. The number of hydrogen-bond donors (Lipinski definition) is 1. The maximum atomic E-state index is 12.2. The maximum absolute atomic E-state index is 12.2. The zero-order valence-corrected chi connectivity index (χ0v) is 16.9. The van der Waals surface area contributed by atoms with Gasteiger partial charge in [0, 0.05) is 17.1 Å². The maximum Gasteiger partial charge on any atom is 0.307 e. The lowest BCUT2D eigenvalue weighted by atomic mass is 10.0. The van der Waals surface area contributed by atoms with Gasteiger partial charge in [0.25, 0.3) is 0 Å². The third-order valence-electron chi connectivity index (χ3n) is 4.16. The van der Waals surface area contributed by atoms with Gasteiger partial charge in [0.2, 0.25) is 10.0 Å². The van der Waals surface area contributed by atoms with Crippen LogP contribution in [0.4, 0.5) is 0 Å². The van der Waals surface area contributed by atoms with Crippen LogP contribution in [0.1, 0.15) is 16.8 Å². The molecule has 150 valence electrons. The molecule has 0 radical (unpaired) electrons. The van der Waals surface area contributed by atoms with Gasteiger partial charge in [0.05, 0.1) is 11.3 Å². The van der Waals surface area contributed by atoms with Crippen LogP contribution in [0.5, 0.6) is 0 Å². The van der Waals surface area contributed by atoms with E-state index in [4.69, 9.17) is 16.3 Å². The van der Waals surface area contributed by atoms with Crippen molar-refractivity contribution in [2.24, 2.45) is 0 Å². The topological polar surface area (TPSA) is 89.5 Å². The molecule has 0 fully saturated rings. The number of sulfonamides is 1. The summed E-state index contributed by atoms with van der Waals surface area (Å²) in [6, 6.07) is 18.6. The Morgan fingerprint density at radius 2 is 1.69 bits per heavy atom. The predicted octanol–water partition coefficient (Wildman–Crippen LogP) is 3.59. The number of ether oxygens (including phenoxy) is 1. The first-order valence-electron chi connectivity index (χ1n) is 8.78. The number of fused-ring (bicyclic) bond motifs is 1. The number of Topliss-reactive ketones (excluding diaryl/α,β-unsaturated/α-hetero) is 1. The first-order chi connectivity index (χ1) is 13.8. The Morgan fingerprint density at radius 3 is 2.45 bits per heavy atom. The molecule has 0 aromatic heterocycles. The average Bonchev–Trinajstić information content (AvgIpc) is 2.71. The number of ketones is 1. The second-order valence-corrected chi connectivity index (χ2v) is 8.45. The third-order valence-corrected chi connectivity index (χ3v) is 5.86. The Kier molecular flexibility index (Phi) is 6.64. The molecule has 3 aromatic rings. The van der Waals surface area contributed by atoms with Crippen LogP contribution >= 0.6 is 11.6 Å². The highest BCUT2D eigenvalue weighted by Gasteiger charge is 2.15. The fourth-order valence-corrected chi connectivity index (χ4v) is 4.00. The van der Waals surface area contributed by atoms with Crippen molar-refractivity contribution in [3.63, 3.8) is 0 Å². The van der Waals surface area contributed by atoms with E-state index in [0.717, 1.165) is 10.8 Å². The van der Waals surface area contributed by atoms with Gasteiger partial charge in [-0.1, -0.05) is 54.1 Å². The summed E-state index contributed by atoms with van der Waals surface area (Å²) < 4.78 is 31.6. The molecule has 1 N–H and O–H groups in total. The third kappa shape index (κ3) is 5.63. The molecule has 0 spiro atoms. The molecule has 29 heavy (non-hydrogen) atoms. The van der Waals surface area contributed by atoms with Gasteiger partial charge in [-0.05, 0) is 35.0 Å². The van der Waals surface area contributed by atoms with Crippen molar-refractivity contribution in [1.29, 1.82) is 0 Å². The van der Waals surface area contributed by atoms with E-state index in [-0.39, 0.29) is 23.6 Å². The van der Waals surface area contributed by atoms with Crippen molar-refractivity contribution in [1.82, 2.24) is 4.72 Å². The molecule has 3 aromatic carbocycles. The molecule has 0 saturated heterocycles. The number of carbonyl (C=O) groups is 2. The zero-order chi connectivity index (χ0) is 20.9. The molecule has 0 aliphatic heterocycles. The summed E-state index contributed by atoms with van der Waals surface area (Å²) in [6.45, 7) is -0.559. The van der Waals surface area contributed by atoms with Crippen LogP contribution in [0.3, 0.4) is 0 Å². The standard InChI is InChI=1S/C21H18ClNO5S/c22-18-6-3-7-19(13-18)29(26,27)23-11-10-21(25)28-14-20(24)17-9-8-15-4-1-2-5-16(15)12-17/h1-9,12-13,23H,10-11,14H2. The van der Waals surface area contributed by atoms with E-state index in [0.29, 0.717) is 10.6 Å². The number of carbonyl (C=O) groups excluding carboxylic acids is 2. The lowest BCUT2D eigenvalue weighted by Gasteiger charge is -2.08. The fourth-order valence-electron chi connectivity index (χ4n) is 2.67. The second kappa shape index (κ2) is 9.17. The largest absolute Gasteiger partial charge is 0.457 e. The van der Waals surface area contributed by atoms with Gasteiger partial charge in [-0.3, -0.25) is 9.59 Å². The lowest BCUT2D eigenvalue weighted by Crippen LogP contribution is -2.27. The van der Waals surface area contributed by atoms with E-state index < -0.39 is 22.6 Å². The van der Waals surface area contributed by atoms with Crippen LogP contribution in [0.2, 0.25) is 5.02 Å². The number of halogens is 1. The van der Waals surface area contributed by atoms with Crippen molar-refractivity contribution < 1.29 is 22.7 Å². The highest BCUT2D eigenvalue weighted by Crippen LogP contribution is 2.16. The van der Waals surface area contributed by atoms with Crippen LogP contribution < -0.4 is 4.72 Å². The van der Waals surface area contributed by atoms with E-state index >= 15 is 0 Å². The summed E-state index contributed by atoms with van der Waals surface area (Å²) in [6.07, 6.45) is -0.204. The first-order valence-corrected chi connectivity index (χ1v) is 10.6. The van der Waals surface area contributed by atoms with Crippen molar-refractivity contribution in [2.75, 3.05) is 13.2 Å². The molecule has 0 saturated carbocycles. The first kappa shape index (κ1) is 21.0. The summed E-state index contributed by atoms with van der Waals surface area (Å²) in [5.41, 5.74) is 0.443. The molecular formula is C21H18ClNO5S. The Bertz CT molecular complexity index is 1160. The Balaban J connectivity index is 1.48. The number of esters is 1. The Labute approximate surface area is 173 Å². The van der Waals surface area contributed by atoms with Crippen LogP contribution in [-0.2, 0) is 19.6 Å². The molecule has 6 nitrogen and oxygen atoms in total. The smallest absolute Gasteiger partial charge is 0.307 e. The highest BCUT2D eigenvalue weighted by molar-refractivity contribution is 7.89. The second-order valence-electron chi connectivity index (χ2n) is 6.25. The van der Waals surface area contributed by atoms with Gasteiger partial charge in [0.15, 0.2) is 12.4 Å². The van der Waals surface area contributed by atoms with E-state index in [1.54, 1.807) is 18.2 Å². The van der Waals surface area contributed by atoms with Crippen LogP contribution in [0.25, 0.3) is 10.8 Å². The number of hydrogen-bond acceptors (Lipinski definition) is 5. The van der Waals surface area contributed by atoms with E-state index in [1.807, 2.05) is 30.3 Å². The van der Waals surface area contributed by atoms with E-state index in [1.165, 1.54) is 18.2 Å². The summed E-state index contributed by atoms with van der Waals surface area (Å²) in [7, 11) is -3.78. The summed E-state index contributed by atoms with van der Waals surface area (Å²) in [5.74, 6) is -1.00. The molecule has 0 unspecified atom stereocenters. The molecular weight excluding hydrogens is 414 g/mol. The predicted molar refractivity (Wildman–Crippen MR) is 110 cm³/mol. The Morgan fingerprint density at radius 1 is 0.931 bits per heavy atom. The van der Waals surface area contributed by atoms with Gasteiger partial charge in [-0.25, -0.2) is 13.1 Å².